The molecule has 1 N–H and O–H groups in total. The molecule has 0 aromatic heterocycles. The smallest absolute Gasteiger partial charge is 0.178 e. The zero-order valence-electron chi connectivity index (χ0n) is 4.32. The fraction of sp³-hybridized carbons (Fsp3) is 0.500. The Balaban J connectivity index is 3.24. The third-order valence-corrected chi connectivity index (χ3v) is 0.343. The average molecular weight is 101 g/mol. The predicted octanol–water partition coefficient (Wildman–Crippen LogP) is -2.66. The first-order valence-electron chi connectivity index (χ1n) is 1.87. The van der Waals surface area contributed by atoms with Gasteiger partial charge < -0.3 is 10.1 Å². The van der Waals surface area contributed by atoms with E-state index in [4.69, 9.17) is 5.26 Å². The molecule has 0 heterocycles. The summed E-state index contributed by atoms with van der Waals surface area (Å²) in [5.74, 6) is 0. The molecular formula is C4H7NO2. The monoisotopic (exact) mass is 101 g/mol. The summed E-state index contributed by atoms with van der Waals surface area (Å²) in [7, 11) is 3.60. The van der Waals surface area contributed by atoms with E-state index >= 15 is 0 Å². The Hall–Kier alpha value is -0.720. The van der Waals surface area contributed by atoms with Crippen molar-refractivity contribution in [2.45, 2.75) is 0 Å². The Morgan fingerprint density at radius 3 is 2.29 bits per heavy atom. The van der Waals surface area contributed by atoms with Crippen molar-refractivity contribution in [2.75, 3.05) is 14.1 Å². The van der Waals surface area contributed by atoms with Gasteiger partial charge in [0.05, 0.1) is 14.1 Å². The van der Waals surface area contributed by atoms with E-state index in [1.807, 2.05) is 6.11 Å². The lowest BCUT2D eigenvalue weighted by Gasteiger charge is -1.93. The Labute approximate surface area is 42.4 Å². The molecule has 3 nitrogen and oxygen atoms in total. The van der Waals surface area contributed by atoms with E-state index in [2.05, 4.69) is 10.9 Å². The van der Waals surface area contributed by atoms with Crippen LogP contribution in [0, 0.1) is 12.2 Å². The minimum atomic E-state index is 0.871. The Bertz CT molecular complexity index is 89.6. The van der Waals surface area contributed by atoms with Gasteiger partial charge in [-0.2, -0.15) is 0 Å². The molecule has 0 aliphatic carbocycles. The largest absolute Gasteiger partial charge is 0.653 e. The fourth-order valence-electron chi connectivity index (χ4n) is 0.123. The van der Waals surface area contributed by atoms with Gasteiger partial charge in [0, 0.05) is 0 Å². The molecule has 0 aliphatic heterocycles. The molecule has 0 saturated heterocycles. The van der Waals surface area contributed by atoms with Gasteiger partial charge in [0.15, 0.2) is 12.2 Å². The molecule has 0 amide bonds. The van der Waals surface area contributed by atoms with Crippen molar-refractivity contribution in [1.82, 2.24) is 0 Å². The molecule has 0 fully saturated rings. The highest BCUT2D eigenvalue weighted by Gasteiger charge is 1.75. The van der Waals surface area contributed by atoms with E-state index in [-0.39, 0.29) is 0 Å². The maximum Gasteiger partial charge on any atom is 0.178 e. The third kappa shape index (κ3) is 5.28. The molecular weight excluding hydrogens is 94.0 g/mol. The molecule has 0 radical (unpaired) electrons. The summed E-state index contributed by atoms with van der Waals surface area (Å²) in [5, 5.41) is 9.15. The lowest BCUT2D eigenvalue weighted by Crippen LogP contribution is -3.01. The topological polar surface area (TPSA) is 36.7 Å². The lowest BCUT2D eigenvalue weighted by molar-refractivity contribution is -0.784. The van der Waals surface area contributed by atoms with Gasteiger partial charge in [0.25, 0.3) is 0 Å². The van der Waals surface area contributed by atoms with E-state index in [1.54, 1.807) is 14.1 Å². The van der Waals surface area contributed by atoms with E-state index in [1.165, 1.54) is 0 Å². The highest BCUT2D eigenvalue weighted by atomic mass is 17.1. The summed E-state index contributed by atoms with van der Waals surface area (Å²) >= 11 is 0. The first-order valence-corrected chi connectivity index (χ1v) is 1.87. The molecule has 0 saturated carbocycles. The summed E-state index contributed by atoms with van der Waals surface area (Å²) in [6.07, 6.45) is 1.91. The van der Waals surface area contributed by atoms with Crippen molar-refractivity contribution >= 4 is 0 Å². The van der Waals surface area contributed by atoms with Gasteiger partial charge in [-0.1, -0.05) is 0 Å². The molecule has 0 aromatic carbocycles. The quantitative estimate of drug-likeness (QED) is 0.205. The summed E-state index contributed by atoms with van der Waals surface area (Å²) in [6, 6.07) is 2.43. The van der Waals surface area contributed by atoms with Crippen LogP contribution in [-0.4, -0.2) is 14.1 Å². The summed E-state index contributed by atoms with van der Waals surface area (Å²) < 4.78 is 0. The number of rotatable bonds is 0. The number of hydrogen-bond donors (Lipinski definition) is 1. The number of nitrogens with one attached hydrogen (secondary N) is 1. The Morgan fingerprint density at radius 2 is 2.14 bits per heavy atom. The van der Waals surface area contributed by atoms with E-state index < -0.39 is 0 Å². The summed E-state index contributed by atoms with van der Waals surface area (Å²) in [4.78, 5) is 4.09. The molecule has 0 unspecified atom stereocenters. The summed E-state index contributed by atoms with van der Waals surface area (Å²) in [5.41, 5.74) is 0. The molecule has 7 heavy (non-hydrogen) atoms. The van der Waals surface area contributed by atoms with Crippen LogP contribution in [0.3, 0.4) is 0 Å². The fourth-order valence-corrected chi connectivity index (χ4v) is 0.123. The van der Waals surface area contributed by atoms with Crippen LogP contribution in [0.5, 0.6) is 0 Å². The van der Waals surface area contributed by atoms with Gasteiger partial charge in [-0.25, -0.2) is 0 Å². The molecule has 0 bridgehead atoms. The minimum absolute atomic E-state index is 0.871. The van der Waals surface area contributed by atoms with Gasteiger partial charge in [0.2, 0.25) is 0 Å². The van der Waals surface area contributed by atoms with Crippen LogP contribution in [0.25, 0.3) is 0 Å². The minimum Gasteiger partial charge on any atom is -0.653 e. The van der Waals surface area contributed by atoms with Gasteiger partial charge in [0.1, 0.15) is 0 Å². The first kappa shape index (κ1) is 6.28. The first-order chi connectivity index (χ1) is 3.27. The van der Waals surface area contributed by atoms with Crippen LogP contribution in [0.15, 0.2) is 0 Å². The van der Waals surface area contributed by atoms with Crippen molar-refractivity contribution in [2.24, 2.45) is 0 Å². The van der Waals surface area contributed by atoms with Crippen molar-refractivity contribution in [3.63, 3.8) is 0 Å². The van der Waals surface area contributed by atoms with Crippen LogP contribution in [0.4, 0.5) is 0 Å². The highest BCUT2D eigenvalue weighted by molar-refractivity contribution is 4.75. The van der Waals surface area contributed by atoms with Gasteiger partial charge in [-0.15, -0.1) is 0 Å². The molecule has 3 heteroatoms. The predicted molar refractivity (Wildman–Crippen MR) is 21.7 cm³/mol. The molecule has 0 atom stereocenters. The van der Waals surface area contributed by atoms with Crippen LogP contribution < -0.4 is 10.2 Å². The van der Waals surface area contributed by atoms with Crippen LogP contribution in [0.2, 0.25) is 0 Å². The normalized spacial score (nSPS) is 7.43. The van der Waals surface area contributed by atoms with Gasteiger partial charge in [-0.3, -0.25) is 4.90 Å². The highest BCUT2D eigenvalue weighted by Crippen LogP contribution is 1.36. The second-order valence-electron chi connectivity index (χ2n) is 1.31. The number of hydrogen-bond acceptors (Lipinski definition) is 2. The second-order valence-corrected chi connectivity index (χ2v) is 1.31. The van der Waals surface area contributed by atoms with Crippen LogP contribution in [-0.2, 0) is 4.89 Å². The molecule has 0 aliphatic rings. The molecule has 0 rings (SSSR count). The van der Waals surface area contributed by atoms with E-state index in [9.17, 15) is 0 Å². The van der Waals surface area contributed by atoms with Crippen LogP contribution in [0.1, 0.15) is 0 Å². The van der Waals surface area contributed by atoms with Gasteiger partial charge in [-0.05, 0) is 0 Å². The molecule has 0 spiro atoms. The SMILES string of the molecule is C[NH+](C)C#CO[O-]. The van der Waals surface area contributed by atoms with Crippen molar-refractivity contribution in [3.05, 3.63) is 0 Å². The Kier molecular flexibility index (Phi) is 3.11. The molecule has 0 aromatic rings. The maximum absolute atomic E-state index is 9.15. The van der Waals surface area contributed by atoms with Crippen molar-refractivity contribution < 1.29 is 15.0 Å². The lowest BCUT2D eigenvalue weighted by atomic mass is 10.9. The number of quaternary nitrogens is 1. The van der Waals surface area contributed by atoms with Gasteiger partial charge >= 0.3 is 0 Å². The standard InChI is InChI=1S/C4H7NO2/c1-5(2)3-4-7-6/h6H,1-2H3. The second kappa shape index (κ2) is 3.47. The zero-order chi connectivity index (χ0) is 5.70. The van der Waals surface area contributed by atoms with Crippen LogP contribution >= 0.6 is 0 Å². The molecule has 40 valence electrons. The zero-order valence-corrected chi connectivity index (χ0v) is 4.32. The average Bonchev–Trinajstić information content (AvgIpc) is 1.61. The van der Waals surface area contributed by atoms with E-state index in [0.29, 0.717) is 0 Å². The summed E-state index contributed by atoms with van der Waals surface area (Å²) in [6.45, 7) is 0. The van der Waals surface area contributed by atoms with Crippen molar-refractivity contribution in [1.29, 1.82) is 0 Å². The third-order valence-electron chi connectivity index (χ3n) is 0.343. The Morgan fingerprint density at radius 1 is 1.57 bits per heavy atom. The van der Waals surface area contributed by atoms with Crippen molar-refractivity contribution in [3.8, 4) is 12.2 Å². The maximum atomic E-state index is 9.15. The van der Waals surface area contributed by atoms with E-state index in [0.717, 1.165) is 4.90 Å².